The van der Waals surface area contributed by atoms with E-state index in [1.807, 2.05) is 12.1 Å². The maximum absolute atomic E-state index is 13.2. The Labute approximate surface area is 132 Å². The van der Waals surface area contributed by atoms with Crippen molar-refractivity contribution in [2.24, 2.45) is 5.73 Å². The monoisotopic (exact) mass is 349 g/mol. The number of fused-ring (bicyclic) bond motifs is 1. The average molecular weight is 350 g/mol. The first-order chi connectivity index (χ1) is 10.1. The predicted octanol–water partition coefficient (Wildman–Crippen LogP) is 4.50. The number of hydrogen-bond donors (Lipinski definition) is 1. The van der Waals surface area contributed by atoms with E-state index in [-0.39, 0.29) is 11.9 Å². The zero-order valence-corrected chi connectivity index (χ0v) is 13.2. The molecule has 2 aromatic rings. The van der Waals surface area contributed by atoms with Gasteiger partial charge in [-0.3, -0.25) is 0 Å². The maximum Gasteiger partial charge on any atom is 0.137 e. The number of aryl methyl sites for hydroxylation is 1. The minimum Gasteiger partial charge on any atom is -0.489 e. The molecule has 0 saturated carbocycles. The van der Waals surface area contributed by atoms with Gasteiger partial charge in [0.15, 0.2) is 0 Å². The van der Waals surface area contributed by atoms with Crippen LogP contribution in [-0.4, -0.2) is 0 Å². The molecule has 1 aliphatic carbocycles. The number of hydrogen-bond acceptors (Lipinski definition) is 2. The minimum atomic E-state index is -0.265. The van der Waals surface area contributed by atoms with Crippen molar-refractivity contribution in [1.82, 2.24) is 0 Å². The summed E-state index contributed by atoms with van der Waals surface area (Å²) < 4.78 is 19.4. The van der Waals surface area contributed by atoms with Crippen LogP contribution in [0.25, 0.3) is 0 Å². The highest BCUT2D eigenvalue weighted by Gasteiger charge is 2.17. The number of nitrogens with two attached hydrogens (primary N) is 1. The van der Waals surface area contributed by atoms with Crippen LogP contribution < -0.4 is 10.5 Å². The van der Waals surface area contributed by atoms with E-state index in [1.54, 1.807) is 12.1 Å². The van der Waals surface area contributed by atoms with Crippen LogP contribution in [0, 0.1) is 5.82 Å². The first kappa shape index (κ1) is 14.5. The Morgan fingerprint density at radius 1 is 1.24 bits per heavy atom. The lowest BCUT2D eigenvalue weighted by Gasteiger charge is -2.22. The van der Waals surface area contributed by atoms with Crippen molar-refractivity contribution in [3.63, 3.8) is 0 Å². The summed E-state index contributed by atoms with van der Waals surface area (Å²) in [6.45, 7) is 0.410. The maximum atomic E-state index is 13.2. The van der Waals surface area contributed by atoms with Crippen LogP contribution in [0.15, 0.2) is 40.9 Å². The lowest BCUT2D eigenvalue weighted by atomic mass is 9.88. The third kappa shape index (κ3) is 3.27. The minimum absolute atomic E-state index is 0.109. The highest BCUT2D eigenvalue weighted by molar-refractivity contribution is 9.10. The van der Waals surface area contributed by atoms with E-state index in [0.29, 0.717) is 11.1 Å². The second kappa shape index (κ2) is 6.16. The van der Waals surface area contributed by atoms with E-state index in [2.05, 4.69) is 22.0 Å². The molecule has 110 valence electrons. The summed E-state index contributed by atoms with van der Waals surface area (Å²) in [5, 5.41) is 0. The van der Waals surface area contributed by atoms with Crippen molar-refractivity contribution in [1.29, 1.82) is 0 Å². The molecule has 1 atom stereocenters. The molecule has 1 unspecified atom stereocenters. The Morgan fingerprint density at radius 2 is 2.10 bits per heavy atom. The molecule has 0 radical (unpaired) electrons. The molecule has 1 aliphatic rings. The van der Waals surface area contributed by atoms with E-state index in [0.717, 1.165) is 30.6 Å². The number of halogens is 2. The molecule has 4 heteroatoms. The molecule has 2 aromatic carbocycles. The molecule has 0 aromatic heterocycles. The van der Waals surface area contributed by atoms with Gasteiger partial charge in [-0.05, 0) is 76.1 Å². The highest BCUT2D eigenvalue weighted by Crippen LogP contribution is 2.31. The summed E-state index contributed by atoms with van der Waals surface area (Å²) in [6.07, 6.45) is 3.27. The smallest absolute Gasteiger partial charge is 0.137 e. The molecule has 3 rings (SSSR count). The summed E-state index contributed by atoms with van der Waals surface area (Å²) in [4.78, 5) is 0. The molecule has 21 heavy (non-hydrogen) atoms. The van der Waals surface area contributed by atoms with Crippen molar-refractivity contribution in [3.8, 4) is 5.75 Å². The van der Waals surface area contributed by atoms with Gasteiger partial charge in [0.2, 0.25) is 0 Å². The van der Waals surface area contributed by atoms with Gasteiger partial charge >= 0.3 is 0 Å². The van der Waals surface area contributed by atoms with Gasteiger partial charge in [-0.15, -0.1) is 0 Å². The van der Waals surface area contributed by atoms with Crippen LogP contribution in [-0.2, 0) is 13.0 Å². The SMILES string of the molecule is NC1CCCc2ccc(OCc3ccc(F)c(Br)c3)cc21. The third-order valence-corrected chi connectivity index (χ3v) is 4.48. The summed E-state index contributed by atoms with van der Waals surface area (Å²) in [7, 11) is 0. The molecule has 0 amide bonds. The molecular weight excluding hydrogens is 333 g/mol. The van der Waals surface area contributed by atoms with Gasteiger partial charge in [-0.1, -0.05) is 12.1 Å². The molecule has 0 aliphatic heterocycles. The van der Waals surface area contributed by atoms with E-state index in [9.17, 15) is 4.39 Å². The van der Waals surface area contributed by atoms with E-state index < -0.39 is 0 Å². The molecule has 2 N–H and O–H groups in total. The molecule has 0 bridgehead atoms. The Bertz CT molecular complexity index is 659. The highest BCUT2D eigenvalue weighted by atomic mass is 79.9. The van der Waals surface area contributed by atoms with Gasteiger partial charge in [0, 0.05) is 6.04 Å². The first-order valence-corrected chi connectivity index (χ1v) is 7.88. The summed E-state index contributed by atoms with van der Waals surface area (Å²) in [5.74, 6) is 0.546. The van der Waals surface area contributed by atoms with Crippen LogP contribution >= 0.6 is 15.9 Å². The standard InChI is InChI=1S/C17H17BrFNO/c18-15-8-11(4-7-16(15)19)10-21-13-6-5-12-2-1-3-17(20)14(12)9-13/h4-9,17H,1-3,10,20H2. The zero-order chi connectivity index (χ0) is 14.8. The molecule has 0 fully saturated rings. The molecule has 0 spiro atoms. The van der Waals surface area contributed by atoms with Gasteiger partial charge in [0.25, 0.3) is 0 Å². The largest absolute Gasteiger partial charge is 0.489 e. The zero-order valence-electron chi connectivity index (χ0n) is 11.6. The quantitative estimate of drug-likeness (QED) is 0.884. The van der Waals surface area contributed by atoms with Crippen LogP contribution in [0.3, 0.4) is 0 Å². The summed E-state index contributed by atoms with van der Waals surface area (Å²) >= 11 is 3.18. The molecular formula is C17H17BrFNO. The van der Waals surface area contributed by atoms with Crippen LogP contribution in [0.2, 0.25) is 0 Å². The van der Waals surface area contributed by atoms with E-state index in [1.165, 1.54) is 17.2 Å². The van der Waals surface area contributed by atoms with Gasteiger partial charge in [-0.2, -0.15) is 0 Å². The Hall–Kier alpha value is -1.39. The van der Waals surface area contributed by atoms with Crippen molar-refractivity contribution in [2.75, 3.05) is 0 Å². The second-order valence-corrected chi connectivity index (χ2v) is 6.25. The van der Waals surface area contributed by atoms with Crippen molar-refractivity contribution < 1.29 is 9.13 Å². The lowest BCUT2D eigenvalue weighted by molar-refractivity contribution is 0.305. The Balaban J connectivity index is 1.73. The number of benzene rings is 2. The third-order valence-electron chi connectivity index (χ3n) is 3.87. The predicted molar refractivity (Wildman–Crippen MR) is 84.7 cm³/mol. The van der Waals surface area contributed by atoms with Crippen molar-refractivity contribution >= 4 is 15.9 Å². The summed E-state index contributed by atoms with van der Waals surface area (Å²) in [5.41, 5.74) is 9.60. The Morgan fingerprint density at radius 3 is 2.90 bits per heavy atom. The number of ether oxygens (including phenoxy) is 1. The van der Waals surface area contributed by atoms with Crippen molar-refractivity contribution in [2.45, 2.75) is 31.9 Å². The fourth-order valence-electron chi connectivity index (χ4n) is 2.70. The van der Waals surface area contributed by atoms with Crippen molar-refractivity contribution in [3.05, 3.63) is 63.4 Å². The average Bonchev–Trinajstić information content (AvgIpc) is 2.49. The van der Waals surface area contributed by atoms with Gasteiger partial charge in [0.1, 0.15) is 18.2 Å². The van der Waals surface area contributed by atoms with Gasteiger partial charge < -0.3 is 10.5 Å². The second-order valence-electron chi connectivity index (χ2n) is 5.40. The fraction of sp³-hybridized carbons (Fsp3) is 0.294. The van der Waals surface area contributed by atoms with Crippen LogP contribution in [0.5, 0.6) is 5.75 Å². The lowest BCUT2D eigenvalue weighted by Crippen LogP contribution is -2.17. The van der Waals surface area contributed by atoms with Crippen LogP contribution in [0.4, 0.5) is 4.39 Å². The van der Waals surface area contributed by atoms with E-state index in [4.69, 9.17) is 10.5 Å². The topological polar surface area (TPSA) is 35.2 Å². The normalized spacial score (nSPS) is 17.4. The van der Waals surface area contributed by atoms with Crippen LogP contribution in [0.1, 0.15) is 35.6 Å². The molecule has 0 saturated heterocycles. The Kier molecular flexibility index (Phi) is 4.27. The number of rotatable bonds is 3. The van der Waals surface area contributed by atoms with E-state index >= 15 is 0 Å². The fourth-order valence-corrected chi connectivity index (χ4v) is 3.13. The van der Waals surface area contributed by atoms with Gasteiger partial charge in [-0.25, -0.2) is 4.39 Å². The first-order valence-electron chi connectivity index (χ1n) is 7.08. The van der Waals surface area contributed by atoms with Gasteiger partial charge in [0.05, 0.1) is 4.47 Å². The molecule has 0 heterocycles. The summed E-state index contributed by atoms with van der Waals surface area (Å²) in [6, 6.07) is 11.1. The molecule has 2 nitrogen and oxygen atoms in total.